The van der Waals surface area contributed by atoms with Crippen LogP contribution in [-0.2, 0) is 41.5 Å². The van der Waals surface area contributed by atoms with Gasteiger partial charge in [0.05, 0.1) is 0 Å². The number of hydrogen-bond donors (Lipinski definition) is 0. The van der Waals surface area contributed by atoms with Crippen molar-refractivity contribution >= 4 is 14.9 Å². The van der Waals surface area contributed by atoms with E-state index in [1.165, 1.54) is 96.6 Å². The third-order valence-electron chi connectivity index (χ3n) is 9.47. The van der Waals surface area contributed by atoms with E-state index < -0.39 is 0 Å². The first-order valence-electron chi connectivity index (χ1n) is 16.1. The van der Waals surface area contributed by atoms with Crippen LogP contribution in [0, 0.1) is 23.5 Å². The fourth-order valence-electron chi connectivity index (χ4n) is 7.47. The Bertz CT molecular complexity index is 1660. The predicted molar refractivity (Wildman–Crippen MR) is 187 cm³/mol. The molecule has 0 heterocycles. The van der Waals surface area contributed by atoms with E-state index in [9.17, 15) is 0 Å². The molecule has 0 nitrogen and oxygen atoms in total. The molecule has 0 aliphatic heterocycles. The molecule has 3 aromatic rings. The van der Waals surface area contributed by atoms with Crippen LogP contribution in [0.4, 0.5) is 0 Å². The second kappa shape index (κ2) is 11.9. The first-order chi connectivity index (χ1) is 20.5. The van der Waals surface area contributed by atoms with Crippen molar-refractivity contribution in [1.82, 2.24) is 0 Å². The standard InChI is InChI=1S/C25H25.C11H17.C7H6.Zr/c1-14-12-24(3,4)22-8-16-7-17-9-23-19(15(2)13-25(23,5)6)11-21(17)20(16)10-18(14)22;1-8-6-9(2)10(7-8)11(3,4)5;1-7-5-3-2-4-6-7;/h8-12H,7H2,1-6H3;7-8H,1-5H3;1-6H;/q2*-1;;+2. The molecule has 0 aromatic heterocycles. The molecule has 0 N–H and O–H groups in total. The number of fused-ring (bicyclic) bond motifs is 5. The zero-order valence-electron chi connectivity index (χ0n) is 28.7. The molecule has 224 valence electrons. The van der Waals surface area contributed by atoms with Gasteiger partial charge in [0.15, 0.2) is 0 Å². The maximum absolute atomic E-state index is 3.65. The van der Waals surface area contributed by atoms with Crippen molar-refractivity contribution in [2.45, 2.75) is 93.4 Å². The summed E-state index contributed by atoms with van der Waals surface area (Å²) in [6.45, 7) is 24.8. The van der Waals surface area contributed by atoms with Crippen LogP contribution < -0.4 is 0 Å². The van der Waals surface area contributed by atoms with Gasteiger partial charge in [-0.25, -0.2) is 11.1 Å². The Morgan fingerprint density at radius 2 is 1.39 bits per heavy atom. The van der Waals surface area contributed by atoms with Gasteiger partial charge in [0.2, 0.25) is 0 Å². The van der Waals surface area contributed by atoms with E-state index in [1.807, 2.05) is 6.07 Å². The summed E-state index contributed by atoms with van der Waals surface area (Å²) in [5, 5.41) is 0. The van der Waals surface area contributed by atoms with Gasteiger partial charge in [-0.15, -0.1) is 11.6 Å². The summed E-state index contributed by atoms with van der Waals surface area (Å²) in [7, 11) is 0. The van der Waals surface area contributed by atoms with Crippen LogP contribution in [0.2, 0.25) is 0 Å². The molecule has 1 heteroatoms. The Labute approximate surface area is 282 Å². The molecular formula is C43H48Zr. The van der Waals surface area contributed by atoms with Crippen LogP contribution in [0.15, 0.2) is 77.9 Å². The van der Waals surface area contributed by atoms with Crippen LogP contribution in [0.5, 0.6) is 0 Å². The molecule has 1 unspecified atom stereocenters. The molecule has 4 aliphatic carbocycles. The second-order valence-electron chi connectivity index (χ2n) is 15.2. The minimum absolute atomic E-state index is 0.0340. The van der Waals surface area contributed by atoms with Crippen molar-refractivity contribution in [2.75, 3.05) is 0 Å². The van der Waals surface area contributed by atoms with Gasteiger partial charge < -0.3 is 0 Å². The van der Waals surface area contributed by atoms with Gasteiger partial charge in [0.1, 0.15) is 0 Å². The van der Waals surface area contributed by atoms with Crippen molar-refractivity contribution in [1.29, 1.82) is 0 Å². The molecule has 0 spiro atoms. The topological polar surface area (TPSA) is 0 Å². The predicted octanol–water partition coefficient (Wildman–Crippen LogP) is 11.2. The average molecular weight is 656 g/mol. The van der Waals surface area contributed by atoms with Crippen LogP contribution in [0.3, 0.4) is 0 Å². The van der Waals surface area contributed by atoms with Gasteiger partial charge in [-0.05, 0) is 58.4 Å². The van der Waals surface area contributed by atoms with E-state index >= 15 is 0 Å². The molecule has 3 aromatic carbocycles. The molecule has 0 radical (unpaired) electrons. The number of allylic oxidation sites excluding steroid dienone is 8. The molecule has 4 aliphatic rings. The van der Waals surface area contributed by atoms with Gasteiger partial charge in [-0.3, -0.25) is 12.2 Å². The third-order valence-corrected chi connectivity index (χ3v) is 10.3. The normalized spacial score (nSPS) is 19.5. The Morgan fingerprint density at radius 3 is 1.89 bits per heavy atom. The maximum atomic E-state index is 3.65. The average Bonchev–Trinajstić information content (AvgIpc) is 3.62. The fraction of sp³-hybridized carbons (Fsp3) is 0.372. The van der Waals surface area contributed by atoms with Gasteiger partial charge in [0, 0.05) is 5.41 Å². The van der Waals surface area contributed by atoms with E-state index in [-0.39, 0.29) is 10.8 Å². The van der Waals surface area contributed by atoms with Crippen LogP contribution in [0.25, 0.3) is 22.3 Å². The molecular weight excluding hydrogens is 608 g/mol. The zero-order chi connectivity index (χ0) is 32.2. The SMILES string of the molecule is CC1=[C-]C(C)(C)c2cc3c(cc21)-c1cc2c(cc1C3)C(C)(C)C=C2C.CC1=[C-]C(C)C=C1C(C)(C)C.[Zr+2]=[CH]c1ccccc1. The van der Waals surface area contributed by atoms with Crippen LogP contribution in [0.1, 0.15) is 115 Å². The molecule has 0 amide bonds. The van der Waals surface area contributed by atoms with E-state index in [0.29, 0.717) is 11.3 Å². The number of rotatable bonds is 1. The Hall–Kier alpha value is -2.63. The molecule has 1 atom stereocenters. The zero-order valence-corrected chi connectivity index (χ0v) is 31.2. The Kier molecular flexibility index (Phi) is 8.90. The van der Waals surface area contributed by atoms with E-state index in [4.69, 9.17) is 0 Å². The third kappa shape index (κ3) is 6.37. The van der Waals surface area contributed by atoms with Crippen molar-refractivity contribution in [3.63, 3.8) is 0 Å². The van der Waals surface area contributed by atoms with E-state index in [2.05, 4.69) is 153 Å². The van der Waals surface area contributed by atoms with Crippen molar-refractivity contribution in [2.24, 2.45) is 11.3 Å². The second-order valence-corrected chi connectivity index (χ2v) is 15.9. The van der Waals surface area contributed by atoms with Crippen LogP contribution in [-0.4, -0.2) is 3.71 Å². The van der Waals surface area contributed by atoms with Gasteiger partial charge in [-0.2, -0.15) is 17.2 Å². The number of benzene rings is 3. The summed E-state index contributed by atoms with van der Waals surface area (Å²) in [5.74, 6) is 0.518. The summed E-state index contributed by atoms with van der Waals surface area (Å²) >= 11 is 1.46. The molecule has 0 fully saturated rings. The molecule has 0 saturated heterocycles. The fourth-order valence-corrected chi connectivity index (χ4v) is 7.95. The van der Waals surface area contributed by atoms with Crippen molar-refractivity contribution < 1.29 is 24.2 Å². The van der Waals surface area contributed by atoms with Crippen molar-refractivity contribution in [3.05, 3.63) is 129 Å². The summed E-state index contributed by atoms with van der Waals surface area (Å²) in [6, 6.07) is 20.2. The van der Waals surface area contributed by atoms with E-state index in [1.54, 1.807) is 0 Å². The summed E-state index contributed by atoms with van der Waals surface area (Å²) < 4.78 is 2.17. The Morgan fingerprint density at radius 1 is 0.795 bits per heavy atom. The van der Waals surface area contributed by atoms with E-state index in [0.717, 1.165) is 6.42 Å². The first-order valence-corrected chi connectivity index (χ1v) is 17.5. The minimum atomic E-state index is 0.0340. The van der Waals surface area contributed by atoms with Gasteiger partial charge >= 0.3 is 63.8 Å². The Balaban J connectivity index is 0.000000167. The molecule has 0 bridgehead atoms. The van der Waals surface area contributed by atoms with Gasteiger partial charge in [-0.1, -0.05) is 104 Å². The monoisotopic (exact) mass is 654 g/mol. The summed E-state index contributed by atoms with van der Waals surface area (Å²) in [4.78, 5) is 0. The first kappa shape index (κ1) is 32.8. The van der Waals surface area contributed by atoms with Crippen molar-refractivity contribution in [3.8, 4) is 11.1 Å². The number of hydrogen-bond acceptors (Lipinski definition) is 0. The summed E-state index contributed by atoms with van der Waals surface area (Å²) in [6.07, 6.45) is 12.8. The molecule has 7 rings (SSSR count). The quantitative estimate of drug-likeness (QED) is 0.179. The van der Waals surface area contributed by atoms with Crippen LogP contribution >= 0.6 is 0 Å². The van der Waals surface area contributed by atoms with Gasteiger partial charge in [0.25, 0.3) is 0 Å². The molecule has 0 saturated carbocycles. The summed E-state index contributed by atoms with van der Waals surface area (Å²) in [5.41, 5.74) is 19.0. The molecule has 44 heavy (non-hydrogen) atoms.